The van der Waals surface area contributed by atoms with Gasteiger partial charge in [0.15, 0.2) is 0 Å². The summed E-state index contributed by atoms with van der Waals surface area (Å²) in [7, 11) is 0. The van der Waals surface area contributed by atoms with Gasteiger partial charge in [0.1, 0.15) is 5.82 Å². The lowest BCUT2D eigenvalue weighted by atomic mass is 10.0. The summed E-state index contributed by atoms with van der Waals surface area (Å²) < 4.78 is 14.2. The van der Waals surface area contributed by atoms with Crippen LogP contribution in [-0.4, -0.2) is 24.3 Å². The van der Waals surface area contributed by atoms with Crippen LogP contribution >= 0.6 is 0 Å². The molecule has 19 heavy (non-hydrogen) atoms. The molecule has 0 aliphatic heterocycles. The minimum atomic E-state index is -0.268. The van der Waals surface area contributed by atoms with Crippen molar-refractivity contribution in [1.29, 1.82) is 0 Å². The summed E-state index contributed by atoms with van der Waals surface area (Å²) in [4.78, 5) is 1.95. The third-order valence-electron chi connectivity index (χ3n) is 3.52. The molecule has 0 aliphatic carbocycles. The normalized spacial score (nSPS) is 12.8. The van der Waals surface area contributed by atoms with E-state index in [1.807, 2.05) is 17.9 Å². The lowest BCUT2D eigenvalue weighted by Gasteiger charge is -2.34. The van der Waals surface area contributed by atoms with Crippen molar-refractivity contribution in [3.8, 4) is 0 Å². The Morgan fingerprint density at radius 1 is 1.32 bits per heavy atom. The molecule has 3 nitrogen and oxygen atoms in total. The third kappa shape index (κ3) is 3.67. The Kier molecular flexibility index (Phi) is 6.25. The van der Waals surface area contributed by atoms with Gasteiger partial charge in [0.05, 0.1) is 12.3 Å². The number of anilines is 1. The van der Waals surface area contributed by atoms with Crippen LogP contribution in [0.25, 0.3) is 0 Å². The van der Waals surface area contributed by atoms with Gasteiger partial charge in [0.25, 0.3) is 0 Å². The van der Waals surface area contributed by atoms with Crippen molar-refractivity contribution in [3.05, 3.63) is 29.6 Å². The van der Waals surface area contributed by atoms with Crippen molar-refractivity contribution in [1.82, 2.24) is 0 Å². The fourth-order valence-corrected chi connectivity index (χ4v) is 2.52. The second kappa shape index (κ2) is 7.46. The highest BCUT2D eigenvalue weighted by Gasteiger charge is 2.22. The average Bonchev–Trinajstić information content (AvgIpc) is 2.39. The molecule has 0 aromatic heterocycles. The molecule has 0 saturated heterocycles. The molecule has 0 fully saturated rings. The van der Waals surface area contributed by atoms with Crippen molar-refractivity contribution in [3.63, 3.8) is 0 Å². The number of aliphatic hydroxyl groups excluding tert-OH is 1. The van der Waals surface area contributed by atoms with E-state index in [0.29, 0.717) is 12.2 Å². The topological polar surface area (TPSA) is 49.5 Å². The highest BCUT2D eigenvalue weighted by molar-refractivity contribution is 5.57. The van der Waals surface area contributed by atoms with Gasteiger partial charge in [0.2, 0.25) is 0 Å². The molecule has 4 heteroatoms. The Balaban J connectivity index is 3.28. The molecule has 1 aromatic carbocycles. The van der Waals surface area contributed by atoms with E-state index in [9.17, 15) is 9.50 Å². The van der Waals surface area contributed by atoms with E-state index >= 15 is 0 Å². The van der Waals surface area contributed by atoms with E-state index in [-0.39, 0.29) is 24.5 Å². The van der Waals surface area contributed by atoms with Crippen LogP contribution in [0.1, 0.15) is 45.2 Å². The minimum absolute atomic E-state index is 0.00320. The first-order valence-corrected chi connectivity index (χ1v) is 6.98. The molecule has 0 amide bonds. The first kappa shape index (κ1) is 15.9. The number of nitrogens with two attached hydrogens (primary N) is 1. The number of hydrogen-bond donors (Lipinski definition) is 2. The number of halogens is 1. The molecule has 108 valence electrons. The van der Waals surface area contributed by atoms with E-state index in [2.05, 4.69) is 13.8 Å². The van der Waals surface area contributed by atoms with Crippen molar-refractivity contribution >= 4 is 5.69 Å². The van der Waals surface area contributed by atoms with Crippen molar-refractivity contribution in [2.24, 2.45) is 5.73 Å². The van der Waals surface area contributed by atoms with Crippen LogP contribution < -0.4 is 10.6 Å². The summed E-state index contributed by atoms with van der Waals surface area (Å²) in [6.45, 7) is 6.42. The van der Waals surface area contributed by atoms with Gasteiger partial charge < -0.3 is 15.7 Å². The summed E-state index contributed by atoms with van der Waals surface area (Å²) >= 11 is 0. The summed E-state index contributed by atoms with van der Waals surface area (Å²) in [5.74, 6) is -0.268. The Labute approximate surface area is 115 Å². The van der Waals surface area contributed by atoms with Crippen LogP contribution in [0.4, 0.5) is 10.1 Å². The molecule has 3 N–H and O–H groups in total. The standard InChI is InChI=1S/C15H25FN2O/c1-4-12(5-2)18(9-10-19)15-13(11(3)17)7-6-8-14(15)16/h6-8,11-12,19H,4-5,9-10,17H2,1-3H3/t11-/m0/s1. The van der Waals surface area contributed by atoms with Crippen LogP contribution in [-0.2, 0) is 0 Å². The molecule has 1 aromatic rings. The molecule has 0 heterocycles. The first-order chi connectivity index (χ1) is 9.06. The van der Waals surface area contributed by atoms with E-state index in [1.165, 1.54) is 6.07 Å². The zero-order valence-electron chi connectivity index (χ0n) is 12.1. The molecule has 0 radical (unpaired) electrons. The monoisotopic (exact) mass is 268 g/mol. The number of para-hydroxylation sites is 1. The Morgan fingerprint density at radius 2 is 1.95 bits per heavy atom. The van der Waals surface area contributed by atoms with Crippen molar-refractivity contribution in [2.75, 3.05) is 18.1 Å². The fraction of sp³-hybridized carbons (Fsp3) is 0.600. The largest absolute Gasteiger partial charge is 0.395 e. The van der Waals surface area contributed by atoms with E-state index in [4.69, 9.17) is 5.73 Å². The number of hydrogen-bond acceptors (Lipinski definition) is 3. The van der Waals surface area contributed by atoms with Crippen molar-refractivity contribution < 1.29 is 9.50 Å². The molecule has 0 unspecified atom stereocenters. The van der Waals surface area contributed by atoms with Gasteiger partial charge in [-0.15, -0.1) is 0 Å². The maximum atomic E-state index is 14.2. The predicted octanol–water partition coefficient (Wildman–Crippen LogP) is 2.83. The SMILES string of the molecule is CCC(CC)N(CCO)c1c(F)cccc1[C@H](C)N. The number of aliphatic hydroxyl groups is 1. The summed E-state index contributed by atoms with van der Waals surface area (Å²) in [6, 6.07) is 4.97. The quantitative estimate of drug-likeness (QED) is 0.799. The molecule has 0 saturated carbocycles. The number of rotatable bonds is 7. The number of nitrogens with zero attached hydrogens (tertiary/aromatic N) is 1. The smallest absolute Gasteiger partial charge is 0.146 e. The van der Waals surface area contributed by atoms with Crippen LogP contribution in [0.2, 0.25) is 0 Å². The summed E-state index contributed by atoms with van der Waals surface area (Å²) in [5, 5.41) is 9.26. The van der Waals surface area contributed by atoms with E-state index in [0.717, 1.165) is 18.4 Å². The van der Waals surface area contributed by atoms with Gasteiger partial charge in [-0.1, -0.05) is 26.0 Å². The van der Waals surface area contributed by atoms with Gasteiger partial charge in [-0.25, -0.2) is 4.39 Å². The molecule has 0 spiro atoms. The first-order valence-electron chi connectivity index (χ1n) is 6.98. The zero-order chi connectivity index (χ0) is 14.4. The Morgan fingerprint density at radius 3 is 2.42 bits per heavy atom. The van der Waals surface area contributed by atoms with Crippen LogP contribution in [0.5, 0.6) is 0 Å². The molecule has 1 rings (SSSR count). The maximum Gasteiger partial charge on any atom is 0.146 e. The van der Waals surface area contributed by atoms with Gasteiger partial charge in [-0.3, -0.25) is 0 Å². The summed E-state index contributed by atoms with van der Waals surface area (Å²) in [6.07, 6.45) is 1.81. The van der Waals surface area contributed by atoms with E-state index < -0.39 is 0 Å². The minimum Gasteiger partial charge on any atom is -0.395 e. The van der Waals surface area contributed by atoms with Gasteiger partial charge in [0, 0.05) is 18.6 Å². The van der Waals surface area contributed by atoms with Gasteiger partial charge in [-0.2, -0.15) is 0 Å². The van der Waals surface area contributed by atoms with Gasteiger partial charge in [-0.05, 0) is 31.4 Å². The predicted molar refractivity (Wildman–Crippen MR) is 77.8 cm³/mol. The molecular formula is C15H25FN2O. The molecule has 0 bridgehead atoms. The Bertz CT molecular complexity index is 392. The highest BCUT2D eigenvalue weighted by Crippen LogP contribution is 2.31. The van der Waals surface area contributed by atoms with Crippen LogP contribution in [0, 0.1) is 5.82 Å². The Hall–Kier alpha value is -1.13. The second-order valence-electron chi connectivity index (χ2n) is 4.85. The van der Waals surface area contributed by atoms with Crippen LogP contribution in [0.3, 0.4) is 0 Å². The fourth-order valence-electron chi connectivity index (χ4n) is 2.52. The van der Waals surface area contributed by atoms with Crippen molar-refractivity contribution in [2.45, 2.75) is 45.7 Å². The third-order valence-corrected chi connectivity index (χ3v) is 3.52. The second-order valence-corrected chi connectivity index (χ2v) is 4.85. The maximum absolute atomic E-state index is 14.2. The lowest BCUT2D eigenvalue weighted by Crippen LogP contribution is -2.38. The van der Waals surface area contributed by atoms with E-state index in [1.54, 1.807) is 6.07 Å². The molecule has 0 aliphatic rings. The van der Waals surface area contributed by atoms with Gasteiger partial charge >= 0.3 is 0 Å². The molecular weight excluding hydrogens is 243 g/mol. The average molecular weight is 268 g/mol. The highest BCUT2D eigenvalue weighted by atomic mass is 19.1. The lowest BCUT2D eigenvalue weighted by molar-refractivity contribution is 0.295. The van der Waals surface area contributed by atoms with Crippen LogP contribution in [0.15, 0.2) is 18.2 Å². The summed E-state index contributed by atoms with van der Waals surface area (Å²) in [5.41, 5.74) is 7.28. The molecule has 1 atom stereocenters. The zero-order valence-corrected chi connectivity index (χ0v) is 12.1. The number of benzene rings is 1.